The number of amides is 3. The van der Waals surface area contributed by atoms with Crippen molar-refractivity contribution >= 4 is 35.6 Å². The summed E-state index contributed by atoms with van der Waals surface area (Å²) in [4.78, 5) is 37.7. The molecule has 4 rings (SSSR count). The van der Waals surface area contributed by atoms with Gasteiger partial charge in [0.15, 0.2) is 0 Å². The first-order chi connectivity index (χ1) is 18.9. The van der Waals surface area contributed by atoms with E-state index >= 15 is 0 Å². The molecule has 1 aliphatic rings. The van der Waals surface area contributed by atoms with Crippen LogP contribution in [0, 0.1) is 0 Å². The Morgan fingerprint density at radius 2 is 1.79 bits per heavy atom. The summed E-state index contributed by atoms with van der Waals surface area (Å²) in [5.41, 5.74) is 2.19. The van der Waals surface area contributed by atoms with Crippen molar-refractivity contribution in [1.29, 1.82) is 0 Å². The number of halogens is 1. The smallest absolute Gasteiger partial charge is 0.407 e. The fourth-order valence-electron chi connectivity index (χ4n) is 4.49. The number of ether oxygens (including phenoxy) is 1. The molecule has 0 aliphatic heterocycles. The highest BCUT2D eigenvalue weighted by molar-refractivity contribution is 6.30. The quantitative estimate of drug-likeness (QED) is 0.347. The van der Waals surface area contributed by atoms with Gasteiger partial charge in [-0.05, 0) is 65.9 Å². The van der Waals surface area contributed by atoms with Gasteiger partial charge in [-0.2, -0.15) is 4.68 Å². The fourth-order valence-corrected chi connectivity index (χ4v) is 4.67. The highest BCUT2D eigenvalue weighted by atomic mass is 35.5. The predicted octanol–water partition coefficient (Wildman–Crippen LogP) is 2.84. The Morgan fingerprint density at radius 3 is 2.46 bits per heavy atom. The van der Waals surface area contributed by atoms with E-state index in [0.29, 0.717) is 35.5 Å². The lowest BCUT2D eigenvalue weighted by Gasteiger charge is -2.30. The van der Waals surface area contributed by atoms with Gasteiger partial charge in [-0.1, -0.05) is 41.9 Å². The lowest BCUT2D eigenvalue weighted by Crippen LogP contribution is -2.52. The van der Waals surface area contributed by atoms with Crippen LogP contribution in [-0.4, -0.2) is 63.4 Å². The van der Waals surface area contributed by atoms with Gasteiger partial charge < -0.3 is 20.7 Å². The number of aromatic nitrogens is 4. The monoisotopic (exact) mass is 551 g/mol. The molecule has 3 N–H and O–H groups in total. The van der Waals surface area contributed by atoms with E-state index in [1.54, 1.807) is 24.3 Å². The largest absolute Gasteiger partial charge is 0.453 e. The first-order valence-corrected chi connectivity index (χ1v) is 13.0. The molecule has 1 heterocycles. The van der Waals surface area contributed by atoms with Gasteiger partial charge in [0.1, 0.15) is 12.4 Å². The van der Waals surface area contributed by atoms with Gasteiger partial charge in [-0.15, -0.1) is 5.10 Å². The van der Waals surface area contributed by atoms with Gasteiger partial charge in [0.25, 0.3) is 0 Å². The lowest BCUT2D eigenvalue weighted by molar-refractivity contribution is -0.127. The molecule has 1 atom stereocenters. The first-order valence-electron chi connectivity index (χ1n) is 12.6. The minimum absolute atomic E-state index is 0.0141. The van der Waals surface area contributed by atoms with Crippen LogP contribution in [0.5, 0.6) is 0 Å². The summed E-state index contributed by atoms with van der Waals surface area (Å²) in [6.45, 7) is 0. The number of alkyl carbamates (subject to hydrolysis) is 1. The second kappa shape index (κ2) is 13.5. The molecule has 39 heavy (non-hydrogen) atoms. The summed E-state index contributed by atoms with van der Waals surface area (Å²) < 4.78 is 6.13. The summed E-state index contributed by atoms with van der Waals surface area (Å²) in [5.74, 6) is -0.693. The van der Waals surface area contributed by atoms with Crippen LogP contribution in [0.15, 0.2) is 60.9 Å². The number of benzene rings is 2. The summed E-state index contributed by atoms with van der Waals surface area (Å²) >= 11 is 6.17. The zero-order chi connectivity index (χ0) is 27.6. The van der Waals surface area contributed by atoms with Crippen LogP contribution >= 0.6 is 11.6 Å². The molecular formula is C27H30ClN7O4. The second-order valence-electron chi connectivity index (χ2n) is 9.23. The van der Waals surface area contributed by atoms with E-state index in [1.165, 1.54) is 24.2 Å². The van der Waals surface area contributed by atoms with Gasteiger partial charge in [-0.25, -0.2) is 4.79 Å². The van der Waals surface area contributed by atoms with E-state index in [4.69, 9.17) is 11.6 Å². The number of hydrogen-bond acceptors (Lipinski definition) is 7. The molecule has 0 spiro atoms. The number of nitrogens with zero attached hydrogens (tertiary/aromatic N) is 4. The molecule has 3 amide bonds. The minimum Gasteiger partial charge on any atom is -0.453 e. The average molecular weight is 552 g/mol. The lowest BCUT2D eigenvalue weighted by atomic mass is 9.91. The Balaban J connectivity index is 1.42. The van der Waals surface area contributed by atoms with Crippen molar-refractivity contribution in [1.82, 2.24) is 36.2 Å². The number of nitrogens with one attached hydrogen (secondary N) is 3. The average Bonchev–Trinajstić information content (AvgIpc) is 3.48. The summed E-state index contributed by atoms with van der Waals surface area (Å²) in [5, 5.41) is 20.4. The Labute approximate surface area is 230 Å². The van der Waals surface area contributed by atoms with Crippen molar-refractivity contribution in [2.24, 2.45) is 0 Å². The summed E-state index contributed by atoms with van der Waals surface area (Å²) in [6, 6.07) is 13.8. The molecule has 0 unspecified atom stereocenters. The third-order valence-corrected chi connectivity index (χ3v) is 6.73. The third kappa shape index (κ3) is 8.11. The maximum Gasteiger partial charge on any atom is 0.407 e. The topological polar surface area (TPSA) is 140 Å². The summed E-state index contributed by atoms with van der Waals surface area (Å²) in [6.07, 6.45) is 7.15. The molecule has 1 saturated carbocycles. The molecule has 204 valence electrons. The second-order valence-corrected chi connectivity index (χ2v) is 9.67. The van der Waals surface area contributed by atoms with Crippen molar-refractivity contribution in [2.45, 2.75) is 50.2 Å². The molecule has 1 fully saturated rings. The van der Waals surface area contributed by atoms with Crippen LogP contribution in [0.1, 0.15) is 36.8 Å². The van der Waals surface area contributed by atoms with Gasteiger partial charge in [-0.3, -0.25) is 9.59 Å². The molecule has 1 aromatic heterocycles. The Kier molecular flexibility index (Phi) is 9.63. The summed E-state index contributed by atoms with van der Waals surface area (Å²) in [7, 11) is 1.33. The van der Waals surface area contributed by atoms with Crippen LogP contribution < -0.4 is 16.0 Å². The van der Waals surface area contributed by atoms with E-state index in [2.05, 4.69) is 36.2 Å². The Bertz CT molecular complexity index is 1290. The van der Waals surface area contributed by atoms with Crippen LogP contribution in [-0.2, 0) is 20.7 Å². The van der Waals surface area contributed by atoms with E-state index < -0.39 is 18.0 Å². The number of tetrazole rings is 1. The molecule has 0 radical (unpaired) electrons. The minimum atomic E-state index is -0.784. The van der Waals surface area contributed by atoms with Crippen molar-refractivity contribution in [3.63, 3.8) is 0 Å². The highest BCUT2D eigenvalue weighted by Gasteiger charge is 2.27. The van der Waals surface area contributed by atoms with E-state index in [1.807, 2.05) is 30.3 Å². The van der Waals surface area contributed by atoms with Crippen LogP contribution in [0.3, 0.4) is 0 Å². The normalized spacial score (nSPS) is 17.8. The Morgan fingerprint density at radius 1 is 1.08 bits per heavy atom. The standard InChI is InChI=1S/C27H30ClN7O4/c1-39-27(38)31-22-11-9-21(10-12-22)30-26(37)23(15-18-5-3-2-4-6-18)32-25(36)14-7-19-16-20(28)8-13-24(19)35-17-29-33-34-35/h2-8,13-14,16-17,21-23H,9-12,15H2,1H3,(H,30,37)(H,31,38)(H,32,36)/b14-7+/t21-,22+,23-/m0/s1. The van der Waals surface area contributed by atoms with Crippen LogP contribution in [0.2, 0.25) is 5.02 Å². The SMILES string of the molecule is COC(=O)N[C@H]1CC[C@@H](NC(=O)[C@H](Cc2ccccc2)NC(=O)/C=C/c2cc(Cl)ccc2-n2cnnn2)CC1. The van der Waals surface area contributed by atoms with Gasteiger partial charge in [0.2, 0.25) is 11.8 Å². The highest BCUT2D eigenvalue weighted by Crippen LogP contribution is 2.21. The van der Waals surface area contributed by atoms with Crippen molar-refractivity contribution < 1.29 is 19.1 Å². The number of carbonyl (C=O) groups is 3. The van der Waals surface area contributed by atoms with E-state index in [0.717, 1.165) is 18.4 Å². The number of methoxy groups -OCH3 is 1. The first kappa shape index (κ1) is 27.8. The van der Waals surface area contributed by atoms with Gasteiger partial charge >= 0.3 is 6.09 Å². The molecule has 2 aromatic carbocycles. The fraction of sp³-hybridized carbons (Fsp3) is 0.333. The number of hydrogen-bond donors (Lipinski definition) is 3. The van der Waals surface area contributed by atoms with E-state index in [-0.39, 0.29) is 18.0 Å². The maximum atomic E-state index is 13.3. The zero-order valence-electron chi connectivity index (χ0n) is 21.4. The molecule has 1 aliphatic carbocycles. The van der Waals surface area contributed by atoms with E-state index in [9.17, 15) is 14.4 Å². The van der Waals surface area contributed by atoms with Gasteiger partial charge in [0.05, 0.1) is 12.8 Å². The van der Waals surface area contributed by atoms with Crippen LogP contribution in [0.4, 0.5) is 4.79 Å². The molecule has 12 heteroatoms. The zero-order valence-corrected chi connectivity index (χ0v) is 22.2. The third-order valence-electron chi connectivity index (χ3n) is 6.50. The Hall–Kier alpha value is -4.25. The van der Waals surface area contributed by atoms with Crippen molar-refractivity contribution in [3.8, 4) is 5.69 Å². The molecule has 0 bridgehead atoms. The van der Waals surface area contributed by atoms with Crippen molar-refractivity contribution in [2.75, 3.05) is 7.11 Å². The molecule has 11 nitrogen and oxygen atoms in total. The van der Waals surface area contributed by atoms with Gasteiger partial charge in [0, 0.05) is 35.2 Å². The molecule has 0 saturated heterocycles. The number of carbonyl (C=O) groups excluding carboxylic acids is 3. The van der Waals surface area contributed by atoms with Crippen LogP contribution in [0.25, 0.3) is 11.8 Å². The van der Waals surface area contributed by atoms with Crippen molar-refractivity contribution in [3.05, 3.63) is 77.1 Å². The maximum absolute atomic E-state index is 13.3. The predicted molar refractivity (Wildman–Crippen MR) is 145 cm³/mol. The number of rotatable bonds is 9. The molecular weight excluding hydrogens is 522 g/mol. The molecule has 3 aromatic rings.